The number of carbonyl (C=O) groups is 1. The first kappa shape index (κ1) is 13.0. The van der Waals surface area contributed by atoms with Gasteiger partial charge in [-0.05, 0) is 12.1 Å². The molecule has 2 atom stereocenters. The summed E-state index contributed by atoms with van der Waals surface area (Å²) in [5, 5.41) is 7.33. The molecule has 0 radical (unpaired) electrons. The van der Waals surface area contributed by atoms with Crippen LogP contribution in [0.5, 0.6) is 0 Å². The topological polar surface area (TPSA) is 76.7 Å². The highest BCUT2D eigenvalue weighted by atomic mass is 35.5. The van der Waals surface area contributed by atoms with Crippen LogP contribution in [-0.4, -0.2) is 18.0 Å². The molecule has 0 unspecified atom stereocenters. The van der Waals surface area contributed by atoms with E-state index in [-0.39, 0.29) is 5.92 Å². The van der Waals surface area contributed by atoms with Crippen LogP contribution in [0.2, 0.25) is 10.0 Å². The monoisotopic (exact) mass is 287 g/mol. The van der Waals surface area contributed by atoms with Crippen LogP contribution < -0.4 is 11.1 Å². The number of halogens is 2. The number of nitrogens with zero attached hydrogens (tertiary/aromatic N) is 1. The Balaban J connectivity index is 2.28. The first-order valence-corrected chi connectivity index (χ1v) is 6.00. The fourth-order valence-corrected chi connectivity index (χ4v) is 2.33. The van der Waals surface area contributed by atoms with Gasteiger partial charge in [-0.1, -0.05) is 41.3 Å². The van der Waals surface area contributed by atoms with Gasteiger partial charge in [-0.25, -0.2) is 4.79 Å². The zero-order chi connectivity index (χ0) is 13.3. The summed E-state index contributed by atoms with van der Waals surface area (Å²) in [6, 6.07) is 4.50. The predicted molar refractivity (Wildman–Crippen MR) is 69.8 cm³/mol. The van der Waals surface area contributed by atoms with Gasteiger partial charge in [0.2, 0.25) is 6.23 Å². The highest BCUT2D eigenvalue weighted by molar-refractivity contribution is 6.40. The third-order valence-corrected chi connectivity index (χ3v) is 3.28. The molecule has 0 saturated heterocycles. The fourth-order valence-electron chi connectivity index (χ4n) is 1.74. The third kappa shape index (κ3) is 2.37. The van der Waals surface area contributed by atoms with Crippen LogP contribution in [0.25, 0.3) is 0 Å². The molecule has 1 aromatic carbocycles. The van der Waals surface area contributed by atoms with Gasteiger partial charge < -0.3 is 15.9 Å². The van der Waals surface area contributed by atoms with Gasteiger partial charge >= 0.3 is 6.03 Å². The molecule has 2 amide bonds. The largest absolute Gasteiger partial charge is 0.370 e. The van der Waals surface area contributed by atoms with Crippen molar-refractivity contribution in [3.05, 3.63) is 33.8 Å². The summed E-state index contributed by atoms with van der Waals surface area (Å²) in [5.41, 5.74) is 6.25. The summed E-state index contributed by atoms with van der Waals surface area (Å²) in [5.74, 6) is -0.199. The number of hydrogen-bond donors (Lipinski definition) is 2. The Kier molecular flexibility index (Phi) is 3.63. The molecular formula is C11H11Cl2N3O2. The highest BCUT2D eigenvalue weighted by Gasteiger charge is 2.34. The van der Waals surface area contributed by atoms with Crippen molar-refractivity contribution in [1.82, 2.24) is 5.32 Å². The molecule has 5 nitrogen and oxygen atoms in total. The third-order valence-electron chi connectivity index (χ3n) is 2.65. The van der Waals surface area contributed by atoms with E-state index in [1.54, 1.807) is 18.2 Å². The van der Waals surface area contributed by atoms with Gasteiger partial charge in [0.15, 0.2) is 0 Å². The van der Waals surface area contributed by atoms with Gasteiger partial charge in [-0.2, -0.15) is 0 Å². The van der Waals surface area contributed by atoms with Crippen molar-refractivity contribution in [3.8, 4) is 0 Å². The SMILES string of the molecule is C[C@H]1C(c2c(Cl)cccc2Cl)=NO[C@@H]1NC(N)=O. The van der Waals surface area contributed by atoms with E-state index in [0.717, 1.165) is 0 Å². The van der Waals surface area contributed by atoms with Crippen molar-refractivity contribution in [2.75, 3.05) is 0 Å². The van der Waals surface area contributed by atoms with E-state index in [4.69, 9.17) is 33.8 Å². The van der Waals surface area contributed by atoms with E-state index < -0.39 is 12.3 Å². The molecular weight excluding hydrogens is 277 g/mol. The molecule has 1 heterocycles. The number of rotatable bonds is 2. The lowest BCUT2D eigenvalue weighted by Crippen LogP contribution is -2.42. The second-order valence-electron chi connectivity index (χ2n) is 3.90. The smallest absolute Gasteiger partial charge is 0.315 e. The quantitative estimate of drug-likeness (QED) is 0.876. The summed E-state index contributed by atoms with van der Waals surface area (Å²) in [7, 11) is 0. The molecule has 0 fully saturated rings. The van der Waals surface area contributed by atoms with Crippen LogP contribution in [0, 0.1) is 5.92 Å². The summed E-state index contributed by atoms with van der Waals surface area (Å²) >= 11 is 12.2. The molecule has 0 saturated carbocycles. The van der Waals surface area contributed by atoms with Gasteiger partial charge in [0, 0.05) is 5.56 Å². The second-order valence-corrected chi connectivity index (χ2v) is 4.71. The number of carbonyl (C=O) groups excluding carboxylic acids is 1. The van der Waals surface area contributed by atoms with E-state index >= 15 is 0 Å². The highest BCUT2D eigenvalue weighted by Crippen LogP contribution is 2.31. The lowest BCUT2D eigenvalue weighted by atomic mass is 9.97. The molecule has 1 aliphatic heterocycles. The van der Waals surface area contributed by atoms with E-state index in [1.165, 1.54) is 0 Å². The number of oxime groups is 1. The fraction of sp³-hybridized carbons (Fsp3) is 0.273. The number of urea groups is 1. The molecule has 3 N–H and O–H groups in total. The van der Waals surface area contributed by atoms with Crippen LogP contribution in [0.1, 0.15) is 12.5 Å². The van der Waals surface area contributed by atoms with E-state index in [2.05, 4.69) is 10.5 Å². The van der Waals surface area contributed by atoms with Crippen LogP contribution in [0.3, 0.4) is 0 Å². The minimum absolute atomic E-state index is 0.199. The number of nitrogens with one attached hydrogen (secondary N) is 1. The lowest BCUT2D eigenvalue weighted by Gasteiger charge is -2.15. The van der Waals surface area contributed by atoms with Crippen molar-refractivity contribution in [2.24, 2.45) is 16.8 Å². The Bertz CT molecular complexity index is 499. The maximum atomic E-state index is 10.8. The minimum Gasteiger partial charge on any atom is -0.370 e. The molecule has 7 heteroatoms. The number of benzene rings is 1. The number of amides is 2. The van der Waals surface area contributed by atoms with Crippen molar-refractivity contribution in [1.29, 1.82) is 0 Å². The Hall–Kier alpha value is -1.46. The molecule has 0 aliphatic carbocycles. The summed E-state index contributed by atoms with van der Waals surface area (Å²) in [4.78, 5) is 15.9. The average Bonchev–Trinajstić information content (AvgIpc) is 2.61. The molecule has 96 valence electrons. The zero-order valence-electron chi connectivity index (χ0n) is 9.48. The maximum absolute atomic E-state index is 10.8. The number of primary amides is 1. The van der Waals surface area contributed by atoms with Gasteiger partial charge in [0.05, 0.1) is 21.7 Å². The Morgan fingerprint density at radius 2 is 2.06 bits per heavy atom. The summed E-state index contributed by atoms with van der Waals surface area (Å²) in [6.07, 6.45) is -0.607. The number of hydrogen-bond acceptors (Lipinski definition) is 3. The molecule has 0 aromatic heterocycles. The van der Waals surface area contributed by atoms with E-state index in [1.807, 2.05) is 6.92 Å². The van der Waals surface area contributed by atoms with Crippen molar-refractivity contribution in [2.45, 2.75) is 13.2 Å². The maximum Gasteiger partial charge on any atom is 0.315 e. The normalized spacial score (nSPS) is 22.3. The van der Waals surface area contributed by atoms with Gasteiger partial charge in [0.1, 0.15) is 0 Å². The van der Waals surface area contributed by atoms with Crippen LogP contribution >= 0.6 is 23.2 Å². The molecule has 18 heavy (non-hydrogen) atoms. The second kappa shape index (κ2) is 5.04. The van der Waals surface area contributed by atoms with E-state index in [9.17, 15) is 4.79 Å². The molecule has 1 aromatic rings. The number of nitrogens with two attached hydrogens (primary N) is 1. The van der Waals surface area contributed by atoms with E-state index in [0.29, 0.717) is 21.3 Å². The van der Waals surface area contributed by atoms with Crippen molar-refractivity contribution >= 4 is 34.9 Å². The van der Waals surface area contributed by atoms with Gasteiger partial charge in [-0.3, -0.25) is 0 Å². The molecule has 2 rings (SSSR count). The zero-order valence-corrected chi connectivity index (χ0v) is 11.0. The lowest BCUT2D eigenvalue weighted by molar-refractivity contribution is 0.0488. The molecule has 0 spiro atoms. The van der Waals surface area contributed by atoms with Crippen molar-refractivity contribution in [3.63, 3.8) is 0 Å². The predicted octanol–water partition coefficient (Wildman–Crippen LogP) is 2.36. The summed E-state index contributed by atoms with van der Waals surface area (Å²) < 4.78 is 0. The Morgan fingerprint density at radius 1 is 1.44 bits per heavy atom. The van der Waals surface area contributed by atoms with Gasteiger partial charge in [-0.15, -0.1) is 0 Å². The molecule has 1 aliphatic rings. The Morgan fingerprint density at radius 3 is 2.61 bits per heavy atom. The van der Waals surface area contributed by atoms with Crippen molar-refractivity contribution < 1.29 is 9.63 Å². The average molecular weight is 288 g/mol. The van der Waals surface area contributed by atoms with Gasteiger partial charge in [0.25, 0.3) is 0 Å². The molecule has 0 bridgehead atoms. The Labute approximate surface area is 114 Å². The van der Waals surface area contributed by atoms with Crippen LogP contribution in [-0.2, 0) is 4.84 Å². The standard InChI is InChI=1S/C11H11Cl2N3O2/c1-5-9(16-18-10(5)15-11(14)17)8-6(12)3-2-4-7(8)13/h2-5,10H,1H3,(H3,14,15,17)/t5-,10-/m0/s1. The summed E-state index contributed by atoms with van der Waals surface area (Å²) in [6.45, 7) is 1.84. The first-order valence-electron chi connectivity index (χ1n) is 5.24. The van der Waals surface area contributed by atoms with Crippen LogP contribution in [0.4, 0.5) is 4.79 Å². The first-order chi connectivity index (χ1) is 8.50. The van der Waals surface area contributed by atoms with Crippen LogP contribution in [0.15, 0.2) is 23.4 Å². The minimum atomic E-state index is -0.673.